The van der Waals surface area contributed by atoms with Crippen molar-refractivity contribution in [2.24, 2.45) is 0 Å². The number of ether oxygens (including phenoxy) is 1. The Morgan fingerprint density at radius 1 is 1.13 bits per heavy atom. The zero-order valence-electron chi connectivity index (χ0n) is 16.0. The van der Waals surface area contributed by atoms with Crippen LogP contribution in [0, 0.1) is 5.82 Å². The van der Waals surface area contributed by atoms with Crippen molar-refractivity contribution < 1.29 is 18.7 Å². The number of benzene rings is 2. The summed E-state index contributed by atoms with van der Waals surface area (Å²) in [4.78, 5) is 26.8. The summed E-state index contributed by atoms with van der Waals surface area (Å²) in [6.45, 7) is 0.551. The van der Waals surface area contributed by atoms with E-state index >= 15 is 0 Å². The molecule has 7 nitrogen and oxygen atoms in total. The average molecular weight is 426 g/mol. The van der Waals surface area contributed by atoms with Crippen molar-refractivity contribution in [3.05, 3.63) is 70.4 Å². The highest BCUT2D eigenvalue weighted by molar-refractivity contribution is 7.13. The molecule has 2 heterocycles. The molecule has 1 atom stereocenters. The van der Waals surface area contributed by atoms with Gasteiger partial charge in [-0.25, -0.2) is 4.39 Å². The van der Waals surface area contributed by atoms with E-state index in [1.165, 1.54) is 24.3 Å². The number of likely N-dealkylation sites (tertiary alicyclic amines) is 1. The number of hydrogen-bond donors (Lipinski definition) is 1. The van der Waals surface area contributed by atoms with Gasteiger partial charge in [0.1, 0.15) is 16.6 Å². The van der Waals surface area contributed by atoms with Gasteiger partial charge in [0.2, 0.25) is 5.01 Å². The van der Waals surface area contributed by atoms with Gasteiger partial charge in [-0.1, -0.05) is 29.5 Å². The molecule has 154 valence electrons. The van der Waals surface area contributed by atoms with Gasteiger partial charge >= 0.3 is 0 Å². The Hall–Kier alpha value is -3.33. The lowest BCUT2D eigenvalue weighted by Crippen LogP contribution is -2.34. The van der Waals surface area contributed by atoms with Crippen molar-refractivity contribution >= 4 is 28.8 Å². The Morgan fingerprint density at radius 3 is 2.67 bits per heavy atom. The SMILES string of the molecule is O=C(Nc1ccc(F)cc1)c1nnc([C@H]2CCCN2C(=O)COc2ccccc2)s1. The number of para-hydroxylation sites is 1. The first-order valence-corrected chi connectivity index (χ1v) is 10.3. The molecule has 2 amide bonds. The Bertz CT molecular complexity index is 1030. The first-order chi connectivity index (χ1) is 14.6. The predicted molar refractivity (Wildman–Crippen MR) is 110 cm³/mol. The van der Waals surface area contributed by atoms with Crippen LogP contribution in [0.2, 0.25) is 0 Å². The number of carbonyl (C=O) groups excluding carboxylic acids is 2. The van der Waals surface area contributed by atoms with Crippen molar-refractivity contribution in [1.29, 1.82) is 0 Å². The maximum atomic E-state index is 13.0. The minimum absolute atomic E-state index is 0.0583. The molecule has 2 aromatic carbocycles. The number of nitrogens with one attached hydrogen (secondary N) is 1. The predicted octanol–water partition coefficient (Wildman–Crippen LogP) is 3.67. The molecule has 1 fully saturated rings. The molecule has 1 aliphatic heterocycles. The summed E-state index contributed by atoms with van der Waals surface area (Å²) in [5.41, 5.74) is 0.467. The Morgan fingerprint density at radius 2 is 1.90 bits per heavy atom. The Kier molecular flexibility index (Phi) is 5.99. The first-order valence-electron chi connectivity index (χ1n) is 9.48. The zero-order valence-corrected chi connectivity index (χ0v) is 16.8. The van der Waals surface area contributed by atoms with Gasteiger partial charge < -0.3 is 15.0 Å². The highest BCUT2D eigenvalue weighted by Gasteiger charge is 2.33. The molecule has 3 aromatic rings. The molecule has 0 spiro atoms. The maximum Gasteiger partial charge on any atom is 0.286 e. The second-order valence-electron chi connectivity index (χ2n) is 6.75. The van der Waals surface area contributed by atoms with Gasteiger partial charge in [-0.05, 0) is 49.2 Å². The van der Waals surface area contributed by atoms with E-state index in [4.69, 9.17) is 4.74 Å². The van der Waals surface area contributed by atoms with Gasteiger partial charge in [0.05, 0.1) is 6.04 Å². The molecular formula is C21H19FN4O3S. The van der Waals surface area contributed by atoms with Crippen molar-refractivity contribution in [3.63, 3.8) is 0 Å². The van der Waals surface area contributed by atoms with E-state index < -0.39 is 5.91 Å². The molecule has 1 saturated heterocycles. The molecule has 0 unspecified atom stereocenters. The summed E-state index contributed by atoms with van der Waals surface area (Å²) in [5, 5.41) is 11.6. The fraction of sp³-hybridized carbons (Fsp3) is 0.238. The number of aromatic nitrogens is 2. The summed E-state index contributed by atoms with van der Waals surface area (Å²) in [7, 11) is 0. The first kappa shape index (κ1) is 20.0. The van der Waals surface area contributed by atoms with E-state index in [-0.39, 0.29) is 29.4 Å². The van der Waals surface area contributed by atoms with E-state index in [1.807, 2.05) is 18.2 Å². The Balaban J connectivity index is 1.39. The van der Waals surface area contributed by atoms with E-state index in [9.17, 15) is 14.0 Å². The molecule has 4 rings (SSSR count). The topological polar surface area (TPSA) is 84.4 Å². The second kappa shape index (κ2) is 9.00. The summed E-state index contributed by atoms with van der Waals surface area (Å²) in [5.74, 6) is -0.298. The smallest absolute Gasteiger partial charge is 0.286 e. The van der Waals surface area contributed by atoms with Crippen LogP contribution in [0.5, 0.6) is 5.75 Å². The van der Waals surface area contributed by atoms with Crippen molar-refractivity contribution in [2.45, 2.75) is 18.9 Å². The minimum Gasteiger partial charge on any atom is -0.484 e. The number of rotatable bonds is 6. The molecule has 0 aliphatic carbocycles. The van der Waals surface area contributed by atoms with E-state index in [1.54, 1.807) is 17.0 Å². The summed E-state index contributed by atoms with van der Waals surface area (Å²) in [6.07, 6.45) is 1.60. The van der Waals surface area contributed by atoms with Crippen LogP contribution in [0.3, 0.4) is 0 Å². The van der Waals surface area contributed by atoms with Crippen molar-refractivity contribution in [2.75, 3.05) is 18.5 Å². The second-order valence-corrected chi connectivity index (χ2v) is 7.76. The number of carbonyl (C=O) groups is 2. The average Bonchev–Trinajstić information content (AvgIpc) is 3.44. The van der Waals surface area contributed by atoms with E-state index in [0.29, 0.717) is 23.0 Å². The molecule has 1 aromatic heterocycles. The van der Waals surface area contributed by atoms with Crippen LogP contribution in [0.15, 0.2) is 54.6 Å². The summed E-state index contributed by atoms with van der Waals surface area (Å²) < 4.78 is 18.6. The molecule has 30 heavy (non-hydrogen) atoms. The third kappa shape index (κ3) is 4.62. The Labute approximate surface area is 176 Å². The van der Waals surface area contributed by atoms with E-state index in [0.717, 1.165) is 24.2 Å². The fourth-order valence-corrected chi connectivity index (χ4v) is 4.13. The standard InChI is InChI=1S/C21H19FN4O3S/c22-14-8-10-15(11-9-14)23-19(28)21-25-24-20(30-21)17-7-4-12-26(17)18(27)13-29-16-5-2-1-3-6-16/h1-3,5-6,8-11,17H,4,7,12-13H2,(H,23,28)/t17-/m1/s1. The maximum absolute atomic E-state index is 13.0. The highest BCUT2D eigenvalue weighted by atomic mass is 32.1. The van der Waals surface area contributed by atoms with Gasteiger partial charge in [-0.3, -0.25) is 9.59 Å². The molecule has 0 bridgehead atoms. The van der Waals surface area contributed by atoms with Crippen molar-refractivity contribution in [3.8, 4) is 5.75 Å². The molecule has 1 aliphatic rings. The van der Waals surface area contributed by atoms with Crippen LogP contribution >= 0.6 is 11.3 Å². The molecular weight excluding hydrogens is 407 g/mol. The van der Waals surface area contributed by atoms with Crippen LogP contribution in [-0.4, -0.2) is 40.1 Å². The normalized spacial score (nSPS) is 15.8. The monoisotopic (exact) mass is 426 g/mol. The van der Waals surface area contributed by atoms with Gasteiger partial charge in [-0.15, -0.1) is 10.2 Å². The lowest BCUT2D eigenvalue weighted by atomic mass is 10.2. The number of nitrogens with zero attached hydrogens (tertiary/aromatic N) is 3. The lowest BCUT2D eigenvalue weighted by molar-refractivity contribution is -0.134. The van der Waals surface area contributed by atoms with E-state index in [2.05, 4.69) is 15.5 Å². The largest absolute Gasteiger partial charge is 0.484 e. The quantitative estimate of drug-likeness (QED) is 0.650. The number of amides is 2. The third-order valence-electron chi connectivity index (χ3n) is 4.70. The van der Waals surface area contributed by atoms with Crippen LogP contribution in [-0.2, 0) is 4.79 Å². The number of halogens is 1. The fourth-order valence-electron chi connectivity index (χ4n) is 3.25. The molecule has 1 N–H and O–H groups in total. The highest BCUT2D eigenvalue weighted by Crippen LogP contribution is 2.33. The van der Waals surface area contributed by atoms with Gasteiger partial charge in [0.15, 0.2) is 6.61 Å². The number of hydrogen-bond acceptors (Lipinski definition) is 6. The third-order valence-corrected chi connectivity index (χ3v) is 5.72. The number of anilines is 1. The molecule has 0 radical (unpaired) electrons. The van der Waals surface area contributed by atoms with Crippen LogP contribution < -0.4 is 10.1 Å². The molecule has 9 heteroatoms. The van der Waals surface area contributed by atoms with Gasteiger partial charge in [0, 0.05) is 12.2 Å². The van der Waals surface area contributed by atoms with Gasteiger partial charge in [-0.2, -0.15) is 0 Å². The summed E-state index contributed by atoms with van der Waals surface area (Å²) in [6, 6.07) is 14.4. The van der Waals surface area contributed by atoms with Crippen molar-refractivity contribution in [1.82, 2.24) is 15.1 Å². The van der Waals surface area contributed by atoms with Crippen LogP contribution in [0.4, 0.5) is 10.1 Å². The lowest BCUT2D eigenvalue weighted by Gasteiger charge is -2.22. The van der Waals surface area contributed by atoms with Crippen LogP contribution in [0.1, 0.15) is 33.7 Å². The zero-order chi connectivity index (χ0) is 20.9. The molecule has 0 saturated carbocycles. The van der Waals surface area contributed by atoms with Crippen LogP contribution in [0.25, 0.3) is 0 Å². The van der Waals surface area contributed by atoms with Gasteiger partial charge in [0.25, 0.3) is 11.8 Å². The summed E-state index contributed by atoms with van der Waals surface area (Å²) >= 11 is 1.15. The minimum atomic E-state index is -0.423.